The molecule has 13 atom stereocenters. The minimum absolute atomic E-state index is 0.00734. The number of aromatic nitrogens is 1. The number of rotatable bonds is 23. The van der Waals surface area contributed by atoms with Crippen LogP contribution in [-0.4, -0.2) is 284 Å². The van der Waals surface area contributed by atoms with Crippen molar-refractivity contribution in [1.29, 1.82) is 0 Å². The van der Waals surface area contributed by atoms with Crippen molar-refractivity contribution in [3.63, 3.8) is 0 Å². The Bertz CT molecular complexity index is 5350. The third kappa shape index (κ3) is 27.4. The summed E-state index contributed by atoms with van der Waals surface area (Å²) in [5, 5.41) is 55.6. The van der Waals surface area contributed by atoms with Gasteiger partial charge in [0, 0.05) is 95.6 Å². The average molecular weight is 1880 g/mol. The summed E-state index contributed by atoms with van der Waals surface area (Å²) in [6.45, 7) is 1.99. The molecule has 15 N–H and O–H groups in total. The van der Waals surface area contributed by atoms with Gasteiger partial charge in [0.15, 0.2) is 17.5 Å². The van der Waals surface area contributed by atoms with Gasteiger partial charge in [0.25, 0.3) is 6.47 Å². The average Bonchev–Trinajstić information content (AvgIpc) is 1.48. The van der Waals surface area contributed by atoms with E-state index in [0.29, 0.717) is 75.5 Å². The Morgan fingerprint density at radius 2 is 1.00 bits per heavy atom. The largest absolute Gasteiger partial charge is 0.508 e. The summed E-state index contributed by atoms with van der Waals surface area (Å²) in [6, 6.07) is 14.7. The fourth-order valence-corrected chi connectivity index (χ4v) is 17.3. The van der Waals surface area contributed by atoms with Crippen LogP contribution < -0.4 is 53.6 Å². The van der Waals surface area contributed by atoms with Crippen LogP contribution in [0.15, 0.2) is 152 Å². The van der Waals surface area contributed by atoms with E-state index in [1.54, 1.807) is 105 Å². The zero-order valence-electron chi connectivity index (χ0n) is 74.9. The van der Waals surface area contributed by atoms with E-state index in [1.165, 1.54) is 79.5 Å². The number of aromatic amines is 1. The Kier molecular flexibility index (Phi) is 37.0. The number of likely N-dealkylation sites (N-methyl/N-ethyl adjacent to an activating group) is 3. The minimum Gasteiger partial charge on any atom is -0.508 e. The van der Waals surface area contributed by atoms with Gasteiger partial charge < -0.3 is 103 Å². The standard InChI is InChI=1S/C94H113F3N16O20S/c1-7-8-25-75-93(131)113-37-18-27-74(113)88(126)106-71(49-133-52-115)86(124)108-81(53(2)3)94(132)110(5)76(43-54-19-11-9-12-20-54)89(127)104-69(41-57-30-34-61(117)35-31-57)91(129)112-36-17-26-73(112)87(125)103-67(45-59-46-99-65-24-16-15-23-62(59)65)84(122)102-66(40-56-28-32-60(116)33-29-56)83(121)105-70(48-114)85(123)107-72(82(120)100-47-78(98)118)50-134-51-79(119)101-68(42-58-38-63(95)80(97)64(96)39-58)90(128)111(6)77(92(130)109(75)4)44-55-21-13-10-14-22-55/h9-16,19-24,28-35,38-39,46,52-53,66-77,81,99,114,116-117H,7-8,17-18,25-27,36-37,40-45,47-51H2,1-6H3,(H2,98,118)(H,100,120)(H,101,119)(H,102,122)(H,103,125)(H,104,127)(H,105,121)(H,106,126)(H,107,123)(H,108,124)/t66-,67-,68-,69-,70-,71-,72-,73+,74+,75-,76-,77-,81-/m0/s1. The van der Waals surface area contributed by atoms with Crippen molar-refractivity contribution in [3.05, 3.63) is 203 Å². The number of para-hydroxylation sites is 1. The Morgan fingerprint density at radius 3 is 1.57 bits per heavy atom. The first-order valence-electron chi connectivity index (χ1n) is 44.0. The maximum atomic E-state index is 15.7. The number of carbonyl (C=O) groups is 16. The van der Waals surface area contributed by atoms with E-state index in [2.05, 4.69) is 52.8 Å². The second-order valence-electron chi connectivity index (χ2n) is 33.7. The molecule has 0 spiro atoms. The first kappa shape index (κ1) is 102. The molecule has 0 saturated carbocycles. The highest BCUT2D eigenvalue weighted by Crippen LogP contribution is 2.29. The van der Waals surface area contributed by atoms with Gasteiger partial charge in [-0.1, -0.05) is 137 Å². The molecule has 4 heterocycles. The third-order valence-corrected chi connectivity index (χ3v) is 24.9. The van der Waals surface area contributed by atoms with Gasteiger partial charge in [0.1, 0.15) is 96.6 Å². The number of fused-ring (bicyclic) bond motifs is 3. The topological polar surface area (TPSA) is 509 Å². The highest BCUT2D eigenvalue weighted by atomic mass is 32.2. The number of carbonyl (C=O) groups excluding carboxylic acids is 16. The lowest BCUT2D eigenvalue weighted by atomic mass is 9.98. The molecule has 6 aromatic carbocycles. The second-order valence-corrected chi connectivity index (χ2v) is 34.7. The van der Waals surface area contributed by atoms with Crippen molar-refractivity contribution >= 4 is 118 Å². The Labute approximate surface area is 775 Å². The molecule has 716 valence electrons. The van der Waals surface area contributed by atoms with Crippen molar-refractivity contribution in [3.8, 4) is 11.5 Å². The Balaban J connectivity index is 1.05. The highest BCUT2D eigenvalue weighted by molar-refractivity contribution is 8.00. The van der Waals surface area contributed by atoms with Gasteiger partial charge in [-0.05, 0) is 114 Å². The number of aliphatic hydroxyl groups is 1. The quantitative estimate of drug-likeness (QED) is 0.0318. The summed E-state index contributed by atoms with van der Waals surface area (Å²) in [6.07, 6.45) is 0.420. The fraction of sp³-hybridized carbons (Fsp3) is 0.426. The number of ether oxygens (including phenoxy) is 1. The Hall–Kier alpha value is -13.9. The summed E-state index contributed by atoms with van der Waals surface area (Å²) < 4.78 is 50.1. The van der Waals surface area contributed by atoms with Crippen LogP contribution in [0.3, 0.4) is 0 Å². The molecule has 3 fully saturated rings. The summed E-state index contributed by atoms with van der Waals surface area (Å²) in [5.41, 5.74) is 7.79. The van der Waals surface area contributed by atoms with E-state index < -0.39 is 235 Å². The predicted molar refractivity (Wildman–Crippen MR) is 484 cm³/mol. The summed E-state index contributed by atoms with van der Waals surface area (Å²) >= 11 is 0.615. The number of nitrogens with one attached hydrogen (secondary N) is 10. The number of aliphatic hydroxyl groups excluding tert-OH is 1. The molecule has 0 aliphatic carbocycles. The van der Waals surface area contributed by atoms with Gasteiger partial charge >= 0.3 is 0 Å². The van der Waals surface area contributed by atoms with Crippen LogP contribution in [-0.2, 0) is 120 Å². The summed E-state index contributed by atoms with van der Waals surface area (Å²) in [7, 11) is 3.79. The van der Waals surface area contributed by atoms with Crippen LogP contribution >= 0.6 is 11.8 Å². The molecule has 3 aliphatic rings. The molecule has 40 heteroatoms. The smallest absolute Gasteiger partial charge is 0.293 e. The fourth-order valence-electron chi connectivity index (χ4n) is 16.4. The number of unbranched alkanes of at least 4 members (excludes halogenated alkanes) is 1. The molecule has 0 bridgehead atoms. The van der Waals surface area contributed by atoms with Crippen LogP contribution in [0.2, 0.25) is 0 Å². The first-order chi connectivity index (χ1) is 64.1. The van der Waals surface area contributed by atoms with Crippen LogP contribution in [0.4, 0.5) is 13.2 Å². The Morgan fingerprint density at radius 1 is 0.522 bits per heavy atom. The SMILES string of the molecule is CCCC[C@H]1C(=O)N2CCC[C@@H]2C(=O)N[C@@H](COC=O)C(=O)N[C@@H](C(C)C)C(=O)N(C)[C@@H](Cc2ccccc2)C(=O)N[C@@H](Cc2ccc(O)cc2)C(=O)N2CCC[C@@H]2C(=O)N[C@@H](Cc2c[nH]c3ccccc23)C(=O)N[C@@H](Cc2ccc(O)cc2)C(=O)N[C@@H](CO)C(=O)N[C@H](C(=O)NCC(N)=O)CSCC(=O)N[C@@H](Cc2cc(F)c(F)c(F)c2)C(=O)N(C)[C@@H](Cc2ccccc2)C(=O)N1C. The molecule has 0 unspecified atom stereocenters. The van der Waals surface area contributed by atoms with Gasteiger partial charge in [-0.3, -0.25) is 76.7 Å². The molecule has 7 aromatic rings. The van der Waals surface area contributed by atoms with Gasteiger partial charge in [-0.25, -0.2) is 13.2 Å². The van der Waals surface area contributed by atoms with Crippen molar-refractivity contribution in [1.82, 2.24) is 77.3 Å². The number of amides is 15. The van der Waals surface area contributed by atoms with Crippen molar-refractivity contribution in [2.75, 3.05) is 65.5 Å². The lowest BCUT2D eigenvalue weighted by Gasteiger charge is -2.38. The van der Waals surface area contributed by atoms with E-state index in [-0.39, 0.29) is 94.4 Å². The monoisotopic (exact) mass is 1870 g/mol. The number of benzene rings is 6. The number of hydrogen-bond donors (Lipinski definition) is 14. The van der Waals surface area contributed by atoms with Gasteiger partial charge in [0.05, 0.1) is 18.9 Å². The molecule has 15 amide bonds. The number of halogens is 3. The van der Waals surface area contributed by atoms with Crippen molar-refractivity contribution < 1.29 is 110 Å². The molecule has 10 rings (SSSR count). The zero-order valence-corrected chi connectivity index (χ0v) is 75.7. The van der Waals surface area contributed by atoms with Crippen LogP contribution in [0.25, 0.3) is 10.9 Å². The van der Waals surface area contributed by atoms with E-state index in [0.717, 1.165) is 14.7 Å². The number of phenols is 2. The van der Waals surface area contributed by atoms with Crippen LogP contribution in [0.1, 0.15) is 99.1 Å². The van der Waals surface area contributed by atoms with E-state index in [9.17, 15) is 53.3 Å². The number of aromatic hydroxyl groups is 2. The van der Waals surface area contributed by atoms with Gasteiger partial charge in [0.2, 0.25) is 88.6 Å². The van der Waals surface area contributed by atoms with Crippen LogP contribution in [0, 0.1) is 23.4 Å². The number of H-pyrrole nitrogens is 1. The number of phenolic OH excluding ortho intramolecular Hbond substituents is 2. The lowest BCUT2D eigenvalue weighted by molar-refractivity contribution is -0.152. The maximum Gasteiger partial charge on any atom is 0.293 e. The van der Waals surface area contributed by atoms with E-state index in [4.69, 9.17) is 10.5 Å². The number of thioether (sulfide) groups is 1. The molecule has 3 saturated heterocycles. The van der Waals surface area contributed by atoms with E-state index >= 15 is 51.9 Å². The lowest BCUT2D eigenvalue weighted by Crippen LogP contribution is -2.62. The van der Waals surface area contributed by atoms with Gasteiger partial charge in [-0.2, -0.15) is 0 Å². The van der Waals surface area contributed by atoms with Gasteiger partial charge in [-0.15, -0.1) is 11.8 Å². The minimum atomic E-state index is -2.00. The summed E-state index contributed by atoms with van der Waals surface area (Å²) in [4.78, 5) is 245. The third-order valence-electron chi connectivity index (χ3n) is 23.8. The number of hydrogen-bond acceptors (Lipinski definition) is 21. The normalized spacial score (nSPS) is 23.4. The van der Waals surface area contributed by atoms with E-state index in [1.807, 2.05) is 6.92 Å². The highest BCUT2D eigenvalue weighted by Gasteiger charge is 2.46. The molecule has 3 aliphatic heterocycles. The molecular formula is C94H113F3N16O20S. The molecule has 1 aromatic heterocycles. The number of nitrogens with two attached hydrogens (primary N) is 1. The predicted octanol–water partition coefficient (Wildman–Crippen LogP) is 1.45. The second kappa shape index (κ2) is 48.5. The molecule has 134 heavy (non-hydrogen) atoms. The first-order valence-corrected chi connectivity index (χ1v) is 45.2. The van der Waals surface area contributed by atoms with Crippen molar-refractivity contribution in [2.45, 2.75) is 183 Å². The maximum absolute atomic E-state index is 15.7. The van der Waals surface area contributed by atoms with Crippen LogP contribution in [0.5, 0.6) is 11.5 Å². The number of nitrogens with zero attached hydrogens (tertiary/aromatic N) is 5. The molecular weight excluding hydrogens is 1760 g/mol. The van der Waals surface area contributed by atoms with Crippen molar-refractivity contribution in [2.24, 2.45) is 11.7 Å². The zero-order chi connectivity index (χ0) is 97.1. The summed E-state index contributed by atoms with van der Waals surface area (Å²) in [5.74, 6) is -22.5. The molecule has 0 radical (unpaired) electrons. The number of primary amides is 1. The molecule has 36 nitrogen and oxygen atoms in total.